The van der Waals surface area contributed by atoms with E-state index in [4.69, 9.17) is 0 Å². The maximum Gasteiger partial charge on any atom is 0.194 e. The van der Waals surface area contributed by atoms with Gasteiger partial charge in [-0.15, -0.1) is 0 Å². The van der Waals surface area contributed by atoms with Crippen LogP contribution in [0.1, 0.15) is 37.2 Å². The molecule has 0 amide bonds. The Hall–Kier alpha value is -1.81. The van der Waals surface area contributed by atoms with E-state index in [-0.39, 0.29) is 6.61 Å². The summed E-state index contributed by atoms with van der Waals surface area (Å²) >= 11 is 0. The molecule has 0 atom stereocenters. The summed E-state index contributed by atoms with van der Waals surface area (Å²) < 4.78 is 39.7. The summed E-state index contributed by atoms with van der Waals surface area (Å²) in [5.41, 5.74) is 2.20. The summed E-state index contributed by atoms with van der Waals surface area (Å²) in [5, 5.41) is 9.19. The average molecular weight is 320 g/mol. The van der Waals surface area contributed by atoms with Crippen LogP contribution in [0, 0.1) is 23.4 Å². The molecule has 0 unspecified atom stereocenters. The third-order valence-corrected chi connectivity index (χ3v) is 4.80. The predicted octanol–water partition coefficient (Wildman–Crippen LogP) is 5.04. The molecule has 0 bridgehead atoms. The molecular weight excluding hydrogens is 301 g/mol. The Balaban J connectivity index is 1.77. The standard InChI is InChI=1S/C19H19F3O/c20-17-9-16(10-18(21)19(17)22)15-7-5-14(6-8-15)13-3-1-12(11-23)2-4-13/h5-10,12-13,23H,1-4,11H2. The van der Waals surface area contributed by atoms with Gasteiger partial charge in [-0.25, -0.2) is 13.2 Å². The zero-order valence-corrected chi connectivity index (χ0v) is 12.7. The Labute approximate surface area is 133 Å². The van der Waals surface area contributed by atoms with Crippen LogP contribution in [0.15, 0.2) is 36.4 Å². The molecule has 122 valence electrons. The fourth-order valence-corrected chi connectivity index (χ4v) is 3.35. The first kappa shape index (κ1) is 16.1. The van der Waals surface area contributed by atoms with Crippen molar-refractivity contribution in [2.24, 2.45) is 5.92 Å². The minimum absolute atomic E-state index is 0.257. The van der Waals surface area contributed by atoms with Gasteiger partial charge in [0.2, 0.25) is 0 Å². The van der Waals surface area contributed by atoms with Gasteiger partial charge in [0.1, 0.15) is 0 Å². The highest BCUT2D eigenvalue weighted by Gasteiger charge is 2.21. The highest BCUT2D eigenvalue weighted by Crippen LogP contribution is 2.36. The molecule has 0 aliphatic heterocycles. The zero-order chi connectivity index (χ0) is 16.4. The summed E-state index contributed by atoms with van der Waals surface area (Å²) in [7, 11) is 0. The quantitative estimate of drug-likeness (QED) is 0.786. The molecule has 0 aromatic heterocycles. The van der Waals surface area contributed by atoms with Gasteiger partial charge in [0, 0.05) is 6.61 Å². The van der Waals surface area contributed by atoms with Gasteiger partial charge in [0.15, 0.2) is 17.5 Å². The fourth-order valence-electron chi connectivity index (χ4n) is 3.35. The van der Waals surface area contributed by atoms with E-state index in [9.17, 15) is 18.3 Å². The lowest BCUT2D eigenvalue weighted by molar-refractivity contribution is 0.182. The van der Waals surface area contributed by atoms with Gasteiger partial charge in [-0.05, 0) is 66.3 Å². The summed E-state index contributed by atoms with van der Waals surface area (Å²) in [5.74, 6) is -2.91. The molecule has 1 aliphatic rings. The Bertz CT molecular complexity index is 651. The number of benzene rings is 2. The van der Waals surface area contributed by atoms with E-state index >= 15 is 0 Å². The SMILES string of the molecule is OCC1CCC(c2ccc(-c3cc(F)c(F)c(F)c3)cc2)CC1. The topological polar surface area (TPSA) is 20.2 Å². The van der Waals surface area contributed by atoms with Gasteiger partial charge in [0.25, 0.3) is 0 Å². The van der Waals surface area contributed by atoms with Crippen molar-refractivity contribution in [3.63, 3.8) is 0 Å². The minimum Gasteiger partial charge on any atom is -0.396 e. The molecule has 3 rings (SSSR count). The van der Waals surface area contributed by atoms with Crippen LogP contribution in [0.5, 0.6) is 0 Å². The van der Waals surface area contributed by atoms with Crippen molar-refractivity contribution >= 4 is 0 Å². The second kappa shape index (κ2) is 6.75. The molecule has 1 fully saturated rings. The first-order valence-corrected chi connectivity index (χ1v) is 7.94. The third kappa shape index (κ3) is 3.42. The molecule has 23 heavy (non-hydrogen) atoms. The lowest BCUT2D eigenvalue weighted by atomic mass is 9.79. The Morgan fingerprint density at radius 3 is 1.91 bits per heavy atom. The number of rotatable bonds is 3. The van der Waals surface area contributed by atoms with Crippen molar-refractivity contribution in [1.82, 2.24) is 0 Å². The molecule has 2 aromatic carbocycles. The molecule has 2 aromatic rings. The maximum atomic E-state index is 13.3. The Morgan fingerprint density at radius 1 is 0.826 bits per heavy atom. The summed E-state index contributed by atoms with van der Waals surface area (Å²) in [6.45, 7) is 0.257. The first-order chi connectivity index (χ1) is 11.1. The molecule has 1 saturated carbocycles. The molecule has 4 heteroatoms. The Morgan fingerprint density at radius 2 is 1.39 bits per heavy atom. The highest BCUT2D eigenvalue weighted by atomic mass is 19.2. The predicted molar refractivity (Wildman–Crippen MR) is 83.5 cm³/mol. The maximum absolute atomic E-state index is 13.3. The van der Waals surface area contributed by atoms with E-state index in [1.54, 1.807) is 0 Å². The van der Waals surface area contributed by atoms with Crippen molar-refractivity contribution < 1.29 is 18.3 Å². The van der Waals surface area contributed by atoms with Crippen LogP contribution in [0.25, 0.3) is 11.1 Å². The van der Waals surface area contributed by atoms with Gasteiger partial charge >= 0.3 is 0 Å². The second-order valence-electron chi connectivity index (χ2n) is 6.28. The molecule has 1 aliphatic carbocycles. The van der Waals surface area contributed by atoms with E-state index in [0.717, 1.165) is 37.8 Å². The molecule has 1 nitrogen and oxygen atoms in total. The molecule has 0 heterocycles. The van der Waals surface area contributed by atoms with E-state index in [1.165, 1.54) is 5.56 Å². The van der Waals surface area contributed by atoms with Gasteiger partial charge in [-0.2, -0.15) is 0 Å². The van der Waals surface area contributed by atoms with Crippen LogP contribution in [0.3, 0.4) is 0 Å². The third-order valence-electron chi connectivity index (χ3n) is 4.80. The molecule has 0 radical (unpaired) electrons. The van der Waals surface area contributed by atoms with Crippen LogP contribution >= 0.6 is 0 Å². The van der Waals surface area contributed by atoms with Crippen molar-refractivity contribution in [2.75, 3.05) is 6.61 Å². The van der Waals surface area contributed by atoms with E-state index in [1.807, 2.05) is 24.3 Å². The van der Waals surface area contributed by atoms with Gasteiger partial charge in [-0.3, -0.25) is 0 Å². The molecule has 1 N–H and O–H groups in total. The zero-order valence-electron chi connectivity index (χ0n) is 12.7. The largest absolute Gasteiger partial charge is 0.396 e. The van der Waals surface area contributed by atoms with E-state index < -0.39 is 17.5 Å². The van der Waals surface area contributed by atoms with Crippen molar-refractivity contribution in [2.45, 2.75) is 31.6 Å². The molecule has 0 spiro atoms. The number of hydrogen-bond donors (Lipinski definition) is 1. The second-order valence-corrected chi connectivity index (χ2v) is 6.28. The van der Waals surface area contributed by atoms with Crippen LogP contribution in [-0.4, -0.2) is 11.7 Å². The smallest absolute Gasteiger partial charge is 0.194 e. The van der Waals surface area contributed by atoms with Crippen LogP contribution in [0.2, 0.25) is 0 Å². The Kier molecular flexibility index (Phi) is 4.71. The lowest BCUT2D eigenvalue weighted by Crippen LogP contribution is -2.16. The van der Waals surface area contributed by atoms with E-state index in [2.05, 4.69) is 0 Å². The lowest BCUT2D eigenvalue weighted by Gasteiger charge is -2.27. The van der Waals surface area contributed by atoms with Crippen molar-refractivity contribution in [3.8, 4) is 11.1 Å². The van der Waals surface area contributed by atoms with Gasteiger partial charge in [0.05, 0.1) is 0 Å². The number of aliphatic hydroxyl groups excluding tert-OH is 1. The summed E-state index contributed by atoms with van der Waals surface area (Å²) in [6.07, 6.45) is 4.14. The minimum atomic E-state index is -1.44. The number of hydrogen-bond acceptors (Lipinski definition) is 1. The first-order valence-electron chi connectivity index (χ1n) is 7.94. The van der Waals surface area contributed by atoms with Gasteiger partial charge in [-0.1, -0.05) is 24.3 Å². The van der Waals surface area contributed by atoms with Crippen molar-refractivity contribution in [1.29, 1.82) is 0 Å². The average Bonchev–Trinajstić information content (AvgIpc) is 2.59. The molecular formula is C19H19F3O. The summed E-state index contributed by atoms with van der Waals surface area (Å²) in [4.78, 5) is 0. The summed E-state index contributed by atoms with van der Waals surface area (Å²) in [6, 6.07) is 9.61. The van der Waals surface area contributed by atoms with Crippen LogP contribution < -0.4 is 0 Å². The number of aliphatic hydroxyl groups is 1. The normalized spacial score (nSPS) is 21.4. The monoisotopic (exact) mass is 320 g/mol. The van der Waals surface area contributed by atoms with E-state index in [0.29, 0.717) is 23.0 Å². The fraction of sp³-hybridized carbons (Fsp3) is 0.368. The highest BCUT2D eigenvalue weighted by molar-refractivity contribution is 5.64. The van der Waals surface area contributed by atoms with Crippen LogP contribution in [-0.2, 0) is 0 Å². The van der Waals surface area contributed by atoms with Crippen LogP contribution in [0.4, 0.5) is 13.2 Å². The van der Waals surface area contributed by atoms with Gasteiger partial charge < -0.3 is 5.11 Å². The molecule has 0 saturated heterocycles. The van der Waals surface area contributed by atoms with Crippen molar-refractivity contribution in [3.05, 3.63) is 59.4 Å². The number of halogens is 3.